The van der Waals surface area contributed by atoms with Crippen molar-refractivity contribution in [3.05, 3.63) is 54.0 Å². The topological polar surface area (TPSA) is 58.2 Å². The van der Waals surface area contributed by atoms with Crippen molar-refractivity contribution in [2.75, 3.05) is 32.8 Å². The molecule has 0 bridgehead atoms. The van der Waals surface area contributed by atoms with Gasteiger partial charge >= 0.3 is 0 Å². The van der Waals surface area contributed by atoms with Crippen molar-refractivity contribution in [3.8, 4) is 5.75 Å². The van der Waals surface area contributed by atoms with E-state index in [-0.39, 0.29) is 11.8 Å². The van der Waals surface area contributed by atoms with E-state index in [4.69, 9.17) is 9.15 Å². The molecule has 1 saturated heterocycles. The fraction of sp³-hybridized carbons (Fsp3) is 0.353. The third-order valence-corrected chi connectivity index (χ3v) is 3.80. The second-order valence-electron chi connectivity index (χ2n) is 5.23. The first-order valence-corrected chi connectivity index (χ1v) is 7.47. The van der Waals surface area contributed by atoms with E-state index in [1.807, 2.05) is 24.3 Å². The van der Waals surface area contributed by atoms with E-state index in [0.717, 1.165) is 37.6 Å². The molecule has 1 unspecified atom stereocenters. The first-order valence-electron chi connectivity index (χ1n) is 7.47. The standard InChI is InChI=1S/C17H20N2O3/c20-16-5-2-1-4-14(16)12-18-13-15(17-6-3-9-22-17)19-7-10-21-11-8-19/h1-6,9,12,15,20H,7-8,10-11,13H2. The Labute approximate surface area is 129 Å². The minimum atomic E-state index is 0.0982. The lowest BCUT2D eigenvalue weighted by Crippen LogP contribution is -2.40. The monoisotopic (exact) mass is 300 g/mol. The highest BCUT2D eigenvalue weighted by molar-refractivity contribution is 5.83. The maximum absolute atomic E-state index is 9.77. The molecule has 0 spiro atoms. The van der Waals surface area contributed by atoms with Gasteiger partial charge in [-0.05, 0) is 24.3 Å². The number of nitrogens with zero attached hydrogens (tertiary/aromatic N) is 2. The number of furan rings is 1. The molecule has 2 aromatic rings. The average Bonchev–Trinajstić information content (AvgIpc) is 3.08. The van der Waals surface area contributed by atoms with Gasteiger partial charge in [-0.25, -0.2) is 0 Å². The van der Waals surface area contributed by atoms with Crippen molar-refractivity contribution in [2.24, 2.45) is 4.99 Å². The summed E-state index contributed by atoms with van der Waals surface area (Å²) in [7, 11) is 0. The van der Waals surface area contributed by atoms with Gasteiger partial charge in [-0.15, -0.1) is 0 Å². The zero-order chi connectivity index (χ0) is 15.2. The predicted molar refractivity (Wildman–Crippen MR) is 84.4 cm³/mol. The van der Waals surface area contributed by atoms with Crippen molar-refractivity contribution in [2.45, 2.75) is 6.04 Å². The molecule has 0 radical (unpaired) electrons. The van der Waals surface area contributed by atoms with Gasteiger partial charge in [0.05, 0.1) is 32.1 Å². The van der Waals surface area contributed by atoms with Crippen LogP contribution in [0.4, 0.5) is 0 Å². The molecule has 1 N–H and O–H groups in total. The molecule has 1 aliphatic rings. The van der Waals surface area contributed by atoms with Crippen LogP contribution in [0.25, 0.3) is 0 Å². The molecular formula is C17H20N2O3. The lowest BCUT2D eigenvalue weighted by molar-refractivity contribution is 0.0137. The van der Waals surface area contributed by atoms with Crippen LogP contribution in [0.15, 0.2) is 52.1 Å². The van der Waals surface area contributed by atoms with Gasteiger partial charge in [0.1, 0.15) is 11.5 Å². The van der Waals surface area contributed by atoms with E-state index in [2.05, 4.69) is 9.89 Å². The van der Waals surface area contributed by atoms with E-state index >= 15 is 0 Å². The molecule has 5 heteroatoms. The Morgan fingerprint density at radius 2 is 2.00 bits per heavy atom. The summed E-state index contributed by atoms with van der Waals surface area (Å²) >= 11 is 0. The summed E-state index contributed by atoms with van der Waals surface area (Å²) in [6.45, 7) is 3.80. The average molecular weight is 300 g/mol. The number of ether oxygens (including phenoxy) is 1. The van der Waals surface area contributed by atoms with Gasteiger partial charge in [0.25, 0.3) is 0 Å². The number of benzene rings is 1. The predicted octanol–water partition coefficient (Wildman–Crippen LogP) is 2.48. The van der Waals surface area contributed by atoms with Crippen molar-refractivity contribution in [3.63, 3.8) is 0 Å². The van der Waals surface area contributed by atoms with Gasteiger partial charge in [0, 0.05) is 24.9 Å². The third-order valence-electron chi connectivity index (χ3n) is 3.80. The molecule has 5 nitrogen and oxygen atoms in total. The van der Waals surface area contributed by atoms with Crippen molar-refractivity contribution < 1.29 is 14.3 Å². The summed E-state index contributed by atoms with van der Waals surface area (Å²) in [5, 5.41) is 9.77. The summed E-state index contributed by atoms with van der Waals surface area (Å²) in [6.07, 6.45) is 3.40. The van der Waals surface area contributed by atoms with Gasteiger partial charge in [0.2, 0.25) is 0 Å². The number of rotatable bonds is 5. The molecule has 0 aliphatic carbocycles. The second-order valence-corrected chi connectivity index (χ2v) is 5.23. The summed E-state index contributed by atoms with van der Waals surface area (Å²) in [5.41, 5.74) is 0.725. The van der Waals surface area contributed by atoms with Crippen molar-refractivity contribution in [1.82, 2.24) is 4.90 Å². The molecule has 0 amide bonds. The lowest BCUT2D eigenvalue weighted by atomic mass is 10.1. The Kier molecular flexibility index (Phi) is 4.88. The van der Waals surface area contributed by atoms with Crippen LogP contribution in [0.5, 0.6) is 5.75 Å². The highest BCUT2D eigenvalue weighted by Gasteiger charge is 2.24. The number of hydrogen-bond donors (Lipinski definition) is 1. The fourth-order valence-corrected chi connectivity index (χ4v) is 2.60. The summed E-state index contributed by atoms with van der Waals surface area (Å²) in [6, 6.07) is 11.2. The van der Waals surface area contributed by atoms with E-state index in [1.165, 1.54) is 0 Å². The normalized spacial score (nSPS) is 17.8. The fourth-order valence-electron chi connectivity index (χ4n) is 2.60. The van der Waals surface area contributed by atoms with Crippen LogP contribution < -0.4 is 0 Å². The number of para-hydroxylation sites is 1. The van der Waals surface area contributed by atoms with Gasteiger partial charge in [0.15, 0.2) is 0 Å². The van der Waals surface area contributed by atoms with Gasteiger partial charge in [-0.1, -0.05) is 12.1 Å². The molecule has 1 fully saturated rings. The smallest absolute Gasteiger partial charge is 0.124 e. The molecule has 2 heterocycles. The van der Waals surface area contributed by atoms with Crippen molar-refractivity contribution in [1.29, 1.82) is 0 Å². The highest BCUT2D eigenvalue weighted by Crippen LogP contribution is 2.23. The third kappa shape index (κ3) is 3.55. The van der Waals surface area contributed by atoms with E-state index in [9.17, 15) is 5.11 Å². The number of phenolic OH excluding ortho intramolecular Hbond substituents is 1. The Hall–Kier alpha value is -2.11. The maximum atomic E-state index is 9.77. The first-order chi connectivity index (χ1) is 10.8. The number of phenols is 1. The van der Waals surface area contributed by atoms with Crippen LogP contribution >= 0.6 is 0 Å². The van der Waals surface area contributed by atoms with Gasteiger partial charge in [-0.3, -0.25) is 9.89 Å². The summed E-state index contributed by atoms with van der Waals surface area (Å²) < 4.78 is 11.0. The number of aromatic hydroxyl groups is 1. The minimum Gasteiger partial charge on any atom is -0.507 e. The molecular weight excluding hydrogens is 280 g/mol. The molecule has 1 aromatic carbocycles. The summed E-state index contributed by atoms with van der Waals surface area (Å²) in [5.74, 6) is 1.16. The second kappa shape index (κ2) is 7.24. The van der Waals surface area contributed by atoms with Crippen LogP contribution in [0.2, 0.25) is 0 Å². The van der Waals surface area contributed by atoms with E-state index in [0.29, 0.717) is 6.54 Å². The maximum Gasteiger partial charge on any atom is 0.124 e. The van der Waals surface area contributed by atoms with E-state index < -0.39 is 0 Å². The van der Waals surface area contributed by atoms with Crippen LogP contribution in [0, 0.1) is 0 Å². The number of hydrogen-bond acceptors (Lipinski definition) is 5. The van der Waals surface area contributed by atoms with Crippen molar-refractivity contribution >= 4 is 6.21 Å². The first kappa shape index (κ1) is 14.8. The molecule has 22 heavy (non-hydrogen) atoms. The van der Waals surface area contributed by atoms with Gasteiger partial charge < -0.3 is 14.3 Å². The molecule has 1 atom stereocenters. The number of morpholine rings is 1. The zero-order valence-corrected chi connectivity index (χ0v) is 12.4. The Morgan fingerprint density at radius 3 is 2.73 bits per heavy atom. The van der Waals surface area contributed by atoms with Crippen LogP contribution in [-0.4, -0.2) is 49.1 Å². The molecule has 1 aromatic heterocycles. The largest absolute Gasteiger partial charge is 0.507 e. The lowest BCUT2D eigenvalue weighted by Gasteiger charge is -2.32. The van der Waals surface area contributed by atoms with E-state index in [1.54, 1.807) is 24.6 Å². The molecule has 0 saturated carbocycles. The zero-order valence-electron chi connectivity index (χ0n) is 12.4. The van der Waals surface area contributed by atoms with Crippen LogP contribution in [0.3, 0.4) is 0 Å². The Bertz CT molecular complexity index is 604. The SMILES string of the molecule is Oc1ccccc1C=NCC(c1ccco1)N1CCOCC1. The molecule has 1 aliphatic heterocycles. The Morgan fingerprint density at radius 1 is 1.18 bits per heavy atom. The highest BCUT2D eigenvalue weighted by atomic mass is 16.5. The summed E-state index contributed by atoms with van der Waals surface area (Å²) in [4.78, 5) is 6.83. The molecule has 116 valence electrons. The molecule has 3 rings (SSSR count). The minimum absolute atomic E-state index is 0.0982. The quantitative estimate of drug-likeness (QED) is 0.862. The van der Waals surface area contributed by atoms with Crippen LogP contribution in [-0.2, 0) is 4.74 Å². The van der Waals surface area contributed by atoms with Gasteiger partial charge in [-0.2, -0.15) is 0 Å². The number of aliphatic imine (C=N–C) groups is 1. The Balaban J connectivity index is 1.71. The van der Waals surface area contributed by atoms with Crippen LogP contribution in [0.1, 0.15) is 17.4 Å².